The standard InChI is InChI=1S/C15H24N2O/c1-13-12-18-10-9-17(13)11-15-5-3-14(4-6-15)7-8-16-2/h3-6,13,16H,7-12H2,1-2H3. The van der Waals surface area contributed by atoms with E-state index in [0.717, 1.165) is 39.3 Å². The highest BCUT2D eigenvalue weighted by Gasteiger charge is 2.18. The molecular formula is C15H24N2O. The van der Waals surface area contributed by atoms with E-state index in [0.29, 0.717) is 6.04 Å². The largest absolute Gasteiger partial charge is 0.379 e. The molecule has 3 heteroatoms. The molecule has 0 radical (unpaired) electrons. The van der Waals surface area contributed by atoms with Crippen molar-refractivity contribution >= 4 is 0 Å². The minimum atomic E-state index is 0.530. The van der Waals surface area contributed by atoms with Gasteiger partial charge in [0.1, 0.15) is 0 Å². The maximum absolute atomic E-state index is 5.46. The van der Waals surface area contributed by atoms with Crippen LogP contribution in [0.3, 0.4) is 0 Å². The fraction of sp³-hybridized carbons (Fsp3) is 0.600. The Hall–Kier alpha value is -0.900. The summed E-state index contributed by atoms with van der Waals surface area (Å²) in [6.45, 7) is 7.09. The highest BCUT2D eigenvalue weighted by molar-refractivity contribution is 5.22. The summed E-state index contributed by atoms with van der Waals surface area (Å²) < 4.78 is 5.46. The molecule has 0 spiro atoms. The van der Waals surface area contributed by atoms with Gasteiger partial charge in [0.15, 0.2) is 0 Å². The Kier molecular flexibility index (Phi) is 5.17. The van der Waals surface area contributed by atoms with Gasteiger partial charge >= 0.3 is 0 Å². The van der Waals surface area contributed by atoms with Crippen LogP contribution in [0.1, 0.15) is 18.1 Å². The van der Waals surface area contributed by atoms with E-state index in [4.69, 9.17) is 4.74 Å². The predicted molar refractivity (Wildman–Crippen MR) is 74.8 cm³/mol. The molecule has 3 nitrogen and oxygen atoms in total. The second kappa shape index (κ2) is 6.88. The van der Waals surface area contributed by atoms with Crippen molar-refractivity contribution in [3.05, 3.63) is 35.4 Å². The highest BCUT2D eigenvalue weighted by atomic mass is 16.5. The lowest BCUT2D eigenvalue weighted by atomic mass is 10.1. The zero-order chi connectivity index (χ0) is 12.8. The molecule has 1 atom stereocenters. The molecule has 0 aliphatic carbocycles. The molecule has 2 rings (SSSR count). The first kappa shape index (κ1) is 13.5. The van der Waals surface area contributed by atoms with E-state index in [2.05, 4.69) is 41.4 Å². The van der Waals surface area contributed by atoms with Crippen molar-refractivity contribution in [3.8, 4) is 0 Å². The number of hydrogen-bond donors (Lipinski definition) is 1. The molecule has 1 N–H and O–H groups in total. The second-order valence-electron chi connectivity index (χ2n) is 5.06. The van der Waals surface area contributed by atoms with Crippen LogP contribution in [0.4, 0.5) is 0 Å². The molecule has 1 aromatic rings. The van der Waals surface area contributed by atoms with Gasteiger partial charge in [0.05, 0.1) is 13.2 Å². The molecule has 1 fully saturated rings. The van der Waals surface area contributed by atoms with E-state index in [-0.39, 0.29) is 0 Å². The number of morpholine rings is 1. The van der Waals surface area contributed by atoms with Crippen LogP contribution >= 0.6 is 0 Å². The van der Waals surface area contributed by atoms with Crippen molar-refractivity contribution in [1.29, 1.82) is 0 Å². The number of rotatable bonds is 5. The predicted octanol–water partition coefficient (Wildman–Crippen LogP) is 1.67. The average molecular weight is 248 g/mol. The molecule has 1 aliphatic heterocycles. The first-order valence-electron chi connectivity index (χ1n) is 6.84. The smallest absolute Gasteiger partial charge is 0.0619 e. The van der Waals surface area contributed by atoms with Gasteiger partial charge in [-0.2, -0.15) is 0 Å². The lowest BCUT2D eigenvalue weighted by molar-refractivity contribution is -0.00437. The van der Waals surface area contributed by atoms with E-state index >= 15 is 0 Å². The highest BCUT2D eigenvalue weighted by Crippen LogP contribution is 2.13. The molecule has 0 aromatic heterocycles. The number of nitrogens with zero attached hydrogens (tertiary/aromatic N) is 1. The summed E-state index contributed by atoms with van der Waals surface area (Å²) in [4.78, 5) is 2.49. The summed E-state index contributed by atoms with van der Waals surface area (Å²) in [5.41, 5.74) is 2.81. The van der Waals surface area contributed by atoms with Crippen LogP contribution < -0.4 is 5.32 Å². The van der Waals surface area contributed by atoms with Crippen molar-refractivity contribution in [1.82, 2.24) is 10.2 Å². The van der Waals surface area contributed by atoms with Crippen molar-refractivity contribution in [2.45, 2.75) is 25.9 Å². The Morgan fingerprint density at radius 1 is 1.28 bits per heavy atom. The first-order valence-corrected chi connectivity index (χ1v) is 6.84. The van der Waals surface area contributed by atoms with Gasteiger partial charge in [0, 0.05) is 19.1 Å². The lowest BCUT2D eigenvalue weighted by Gasteiger charge is -2.33. The van der Waals surface area contributed by atoms with Crippen molar-refractivity contribution in [2.75, 3.05) is 33.4 Å². The number of nitrogens with one attached hydrogen (secondary N) is 1. The van der Waals surface area contributed by atoms with Crippen LogP contribution in [0.25, 0.3) is 0 Å². The van der Waals surface area contributed by atoms with E-state index in [1.165, 1.54) is 11.1 Å². The fourth-order valence-corrected chi connectivity index (χ4v) is 2.31. The van der Waals surface area contributed by atoms with Gasteiger partial charge in [-0.15, -0.1) is 0 Å². The van der Waals surface area contributed by atoms with Crippen molar-refractivity contribution < 1.29 is 4.74 Å². The van der Waals surface area contributed by atoms with Crippen LogP contribution in [0, 0.1) is 0 Å². The van der Waals surface area contributed by atoms with Crippen molar-refractivity contribution in [2.24, 2.45) is 0 Å². The summed E-state index contributed by atoms with van der Waals surface area (Å²) in [5.74, 6) is 0. The second-order valence-corrected chi connectivity index (χ2v) is 5.06. The Morgan fingerprint density at radius 2 is 2.00 bits per heavy atom. The Labute approximate surface area is 110 Å². The number of likely N-dealkylation sites (N-methyl/N-ethyl adjacent to an activating group) is 1. The maximum Gasteiger partial charge on any atom is 0.0619 e. The van der Waals surface area contributed by atoms with Crippen LogP contribution in [0.2, 0.25) is 0 Å². The molecule has 0 amide bonds. The Morgan fingerprint density at radius 3 is 2.67 bits per heavy atom. The van der Waals surface area contributed by atoms with Gasteiger partial charge in [0.25, 0.3) is 0 Å². The van der Waals surface area contributed by atoms with Gasteiger partial charge in [-0.25, -0.2) is 0 Å². The number of benzene rings is 1. The van der Waals surface area contributed by atoms with Crippen LogP contribution in [-0.2, 0) is 17.7 Å². The maximum atomic E-state index is 5.46. The van der Waals surface area contributed by atoms with E-state index in [1.54, 1.807) is 0 Å². The summed E-state index contributed by atoms with van der Waals surface area (Å²) in [5, 5.41) is 3.18. The molecule has 1 aromatic carbocycles. The van der Waals surface area contributed by atoms with Gasteiger partial charge in [-0.05, 0) is 38.1 Å². The summed E-state index contributed by atoms with van der Waals surface area (Å²) in [7, 11) is 1.99. The normalized spacial score (nSPS) is 21.1. The van der Waals surface area contributed by atoms with Gasteiger partial charge < -0.3 is 10.1 Å². The van der Waals surface area contributed by atoms with E-state index < -0.39 is 0 Å². The molecule has 1 unspecified atom stereocenters. The molecule has 100 valence electrons. The minimum Gasteiger partial charge on any atom is -0.379 e. The fourth-order valence-electron chi connectivity index (χ4n) is 2.31. The van der Waals surface area contributed by atoms with Gasteiger partial charge in [-0.1, -0.05) is 24.3 Å². The third kappa shape index (κ3) is 3.80. The Bertz CT molecular complexity index is 350. The summed E-state index contributed by atoms with van der Waals surface area (Å²) in [6, 6.07) is 9.54. The number of hydrogen-bond acceptors (Lipinski definition) is 3. The van der Waals surface area contributed by atoms with Crippen LogP contribution in [0.15, 0.2) is 24.3 Å². The van der Waals surface area contributed by atoms with Crippen LogP contribution in [0.5, 0.6) is 0 Å². The molecule has 18 heavy (non-hydrogen) atoms. The lowest BCUT2D eigenvalue weighted by Crippen LogP contribution is -2.42. The third-order valence-electron chi connectivity index (χ3n) is 3.58. The average Bonchev–Trinajstić information content (AvgIpc) is 2.41. The van der Waals surface area contributed by atoms with Gasteiger partial charge in [0.2, 0.25) is 0 Å². The zero-order valence-electron chi connectivity index (χ0n) is 11.5. The van der Waals surface area contributed by atoms with Gasteiger partial charge in [-0.3, -0.25) is 4.90 Å². The Balaban J connectivity index is 1.89. The monoisotopic (exact) mass is 248 g/mol. The first-order chi connectivity index (χ1) is 8.79. The molecular weight excluding hydrogens is 224 g/mol. The topological polar surface area (TPSA) is 24.5 Å². The quantitative estimate of drug-likeness (QED) is 0.858. The molecule has 1 aliphatic rings. The molecule has 0 bridgehead atoms. The van der Waals surface area contributed by atoms with E-state index in [1.807, 2.05) is 7.05 Å². The molecule has 0 saturated carbocycles. The zero-order valence-corrected chi connectivity index (χ0v) is 11.5. The summed E-state index contributed by atoms with van der Waals surface area (Å²) in [6.07, 6.45) is 1.10. The van der Waals surface area contributed by atoms with E-state index in [9.17, 15) is 0 Å². The SMILES string of the molecule is CNCCc1ccc(CN2CCOCC2C)cc1. The molecule has 1 saturated heterocycles. The van der Waals surface area contributed by atoms with Crippen molar-refractivity contribution in [3.63, 3.8) is 0 Å². The minimum absolute atomic E-state index is 0.530. The molecule has 1 heterocycles. The van der Waals surface area contributed by atoms with Crippen LogP contribution in [-0.4, -0.2) is 44.3 Å². The summed E-state index contributed by atoms with van der Waals surface area (Å²) >= 11 is 0. The number of ether oxygens (including phenoxy) is 1. The third-order valence-corrected chi connectivity index (χ3v) is 3.58.